The van der Waals surface area contributed by atoms with Crippen molar-refractivity contribution in [3.63, 3.8) is 0 Å². The van der Waals surface area contributed by atoms with Crippen LogP contribution in [0.3, 0.4) is 0 Å². The first-order valence-electron chi connectivity index (χ1n) is 6.12. The van der Waals surface area contributed by atoms with E-state index in [0.29, 0.717) is 24.2 Å². The summed E-state index contributed by atoms with van der Waals surface area (Å²) in [5, 5.41) is 1.76. The molecule has 114 valence electrons. The van der Waals surface area contributed by atoms with Crippen molar-refractivity contribution in [2.24, 2.45) is 0 Å². The lowest BCUT2D eigenvalue weighted by Gasteiger charge is -2.17. The number of amides is 2. The zero-order valence-corrected chi connectivity index (χ0v) is 11.0. The lowest BCUT2D eigenvalue weighted by atomic mass is 10.1. The van der Waals surface area contributed by atoms with E-state index in [-0.39, 0.29) is 11.6 Å². The van der Waals surface area contributed by atoms with Crippen LogP contribution in [0.2, 0.25) is 0 Å². The van der Waals surface area contributed by atoms with Gasteiger partial charge in [-0.2, -0.15) is 8.78 Å². The highest BCUT2D eigenvalue weighted by Gasteiger charge is 2.49. The van der Waals surface area contributed by atoms with Gasteiger partial charge in [0, 0.05) is 24.8 Å². The molecule has 1 aliphatic rings. The minimum Gasteiger partial charge on any atom is -0.321 e. The van der Waals surface area contributed by atoms with Gasteiger partial charge in [-0.15, -0.1) is 0 Å². The first-order valence-corrected chi connectivity index (χ1v) is 6.12. The van der Waals surface area contributed by atoms with E-state index in [1.54, 1.807) is 5.32 Å². The molecule has 0 aliphatic carbocycles. The molecule has 1 N–H and O–H groups in total. The van der Waals surface area contributed by atoms with Gasteiger partial charge in [-0.1, -0.05) is 0 Å². The van der Waals surface area contributed by atoms with Gasteiger partial charge in [-0.25, -0.2) is 8.78 Å². The monoisotopic (exact) mass is 304 g/mol. The molecule has 8 heteroatoms. The summed E-state index contributed by atoms with van der Waals surface area (Å²) in [6.07, 6.45) is -3.57. The predicted molar refractivity (Wildman–Crippen MR) is 67.8 cm³/mol. The average molecular weight is 304 g/mol. The van der Waals surface area contributed by atoms with Gasteiger partial charge >= 0.3 is 18.3 Å². The van der Waals surface area contributed by atoms with Crippen LogP contribution in [0.25, 0.3) is 0 Å². The zero-order chi connectivity index (χ0) is 15.8. The Morgan fingerprint density at radius 3 is 2.57 bits per heavy atom. The summed E-state index contributed by atoms with van der Waals surface area (Å²) in [6, 6.07) is 4.18. The Kier molecular flexibility index (Phi) is 3.89. The van der Waals surface area contributed by atoms with Gasteiger partial charge in [0.05, 0.1) is 0 Å². The molecule has 1 aromatic carbocycles. The highest BCUT2D eigenvalue weighted by atomic mass is 19.3. The van der Waals surface area contributed by atoms with Crippen molar-refractivity contribution < 1.29 is 27.2 Å². The van der Waals surface area contributed by atoms with Gasteiger partial charge in [-0.3, -0.25) is 9.59 Å². The highest BCUT2D eigenvalue weighted by Crippen LogP contribution is 2.31. The molecule has 4 nitrogen and oxygen atoms in total. The second-order valence-electron chi connectivity index (χ2n) is 4.64. The number of alkyl halides is 4. The van der Waals surface area contributed by atoms with Gasteiger partial charge in [0.1, 0.15) is 0 Å². The van der Waals surface area contributed by atoms with Crippen LogP contribution in [0.5, 0.6) is 0 Å². The van der Waals surface area contributed by atoms with Crippen molar-refractivity contribution in [2.75, 3.05) is 16.8 Å². The number of carbonyl (C=O) groups is 2. The molecule has 0 saturated carbocycles. The summed E-state index contributed by atoms with van der Waals surface area (Å²) in [7, 11) is 0. The van der Waals surface area contributed by atoms with Crippen molar-refractivity contribution in [1.29, 1.82) is 0 Å². The van der Waals surface area contributed by atoms with Gasteiger partial charge in [-0.05, 0) is 30.2 Å². The summed E-state index contributed by atoms with van der Waals surface area (Å²) in [5.41, 5.74) is 1.30. The van der Waals surface area contributed by atoms with Crippen LogP contribution in [-0.2, 0) is 16.0 Å². The van der Waals surface area contributed by atoms with Gasteiger partial charge in [0.2, 0.25) is 5.91 Å². The maximum absolute atomic E-state index is 12.9. The molecule has 0 fully saturated rings. The molecule has 21 heavy (non-hydrogen) atoms. The summed E-state index contributed by atoms with van der Waals surface area (Å²) in [6.45, 7) is 1.85. The number of nitrogens with zero attached hydrogens (tertiary/aromatic N) is 1. The van der Waals surface area contributed by atoms with Gasteiger partial charge < -0.3 is 10.2 Å². The fourth-order valence-electron chi connectivity index (χ4n) is 2.12. The van der Waals surface area contributed by atoms with Crippen LogP contribution in [0, 0.1) is 0 Å². The van der Waals surface area contributed by atoms with Crippen LogP contribution in [0.1, 0.15) is 12.5 Å². The number of carbonyl (C=O) groups excluding carboxylic acids is 2. The number of rotatable bonds is 3. The number of hydrogen-bond acceptors (Lipinski definition) is 2. The van der Waals surface area contributed by atoms with Crippen LogP contribution in [-0.4, -0.2) is 30.7 Å². The Morgan fingerprint density at radius 2 is 2.00 bits per heavy atom. The third-order valence-electron chi connectivity index (χ3n) is 3.19. The third-order valence-corrected chi connectivity index (χ3v) is 3.19. The lowest BCUT2D eigenvalue weighted by Crippen LogP contribution is -2.41. The maximum atomic E-state index is 12.9. The van der Waals surface area contributed by atoms with E-state index >= 15 is 0 Å². The molecule has 0 aromatic heterocycles. The van der Waals surface area contributed by atoms with E-state index < -0.39 is 18.3 Å². The van der Waals surface area contributed by atoms with E-state index in [1.165, 1.54) is 30.0 Å². The molecule has 1 heterocycles. The van der Waals surface area contributed by atoms with E-state index in [2.05, 4.69) is 0 Å². The second kappa shape index (κ2) is 5.34. The van der Waals surface area contributed by atoms with Gasteiger partial charge in [0.15, 0.2) is 0 Å². The van der Waals surface area contributed by atoms with Crippen molar-refractivity contribution in [3.05, 3.63) is 23.8 Å². The molecular formula is C13H12F4N2O2. The number of anilines is 2. The summed E-state index contributed by atoms with van der Waals surface area (Å²) in [4.78, 5) is 24.0. The number of halogens is 4. The van der Waals surface area contributed by atoms with Crippen LogP contribution in [0.15, 0.2) is 18.2 Å². The van der Waals surface area contributed by atoms with Crippen molar-refractivity contribution >= 4 is 23.2 Å². The van der Waals surface area contributed by atoms with E-state index in [4.69, 9.17) is 0 Å². The number of benzene rings is 1. The van der Waals surface area contributed by atoms with E-state index in [0.717, 1.165) is 0 Å². The van der Waals surface area contributed by atoms with Crippen LogP contribution < -0.4 is 10.2 Å². The lowest BCUT2D eigenvalue weighted by molar-refractivity contribution is -0.163. The Morgan fingerprint density at radius 1 is 1.33 bits per heavy atom. The van der Waals surface area contributed by atoms with Crippen LogP contribution in [0.4, 0.5) is 28.9 Å². The summed E-state index contributed by atoms with van der Waals surface area (Å²) >= 11 is 0. The Hall–Kier alpha value is -2.12. The molecule has 0 radical (unpaired) electrons. The summed E-state index contributed by atoms with van der Waals surface area (Å²) in [5.74, 6) is -6.96. The Bertz CT molecular complexity index is 590. The second-order valence-corrected chi connectivity index (χ2v) is 4.64. The minimum absolute atomic E-state index is 0.00974. The average Bonchev–Trinajstić information content (AvgIpc) is 2.81. The fourth-order valence-corrected chi connectivity index (χ4v) is 2.12. The van der Waals surface area contributed by atoms with Crippen molar-refractivity contribution in [3.8, 4) is 0 Å². The summed E-state index contributed by atoms with van der Waals surface area (Å²) < 4.78 is 49.8. The first kappa shape index (κ1) is 15.3. The van der Waals surface area contributed by atoms with E-state index in [9.17, 15) is 27.2 Å². The molecule has 0 spiro atoms. The standard InChI is InChI=1S/C13H12F4N2O2/c1-7(20)19-5-4-8-6-9(2-3-10(8)19)18-12(21)13(16,17)11(14)15/h2-3,6,11H,4-5H2,1H3,(H,18,21). The Labute approximate surface area is 117 Å². The quantitative estimate of drug-likeness (QED) is 0.872. The molecular weight excluding hydrogens is 292 g/mol. The number of nitrogens with one attached hydrogen (secondary N) is 1. The first-order chi connectivity index (χ1) is 9.73. The number of hydrogen-bond donors (Lipinski definition) is 1. The van der Waals surface area contributed by atoms with Crippen LogP contribution >= 0.6 is 0 Å². The third kappa shape index (κ3) is 2.84. The highest BCUT2D eigenvalue weighted by molar-refractivity contribution is 5.98. The molecule has 2 amide bonds. The Balaban J connectivity index is 2.18. The largest absolute Gasteiger partial charge is 0.383 e. The topological polar surface area (TPSA) is 49.4 Å². The fraction of sp³-hybridized carbons (Fsp3) is 0.385. The normalized spacial score (nSPS) is 14.3. The van der Waals surface area contributed by atoms with Gasteiger partial charge in [0.25, 0.3) is 0 Å². The molecule has 1 aliphatic heterocycles. The molecule has 0 atom stereocenters. The molecule has 0 unspecified atom stereocenters. The molecule has 1 aromatic rings. The maximum Gasteiger partial charge on any atom is 0.383 e. The zero-order valence-electron chi connectivity index (χ0n) is 11.0. The SMILES string of the molecule is CC(=O)N1CCc2cc(NC(=O)C(F)(F)C(F)F)ccc21. The molecule has 0 bridgehead atoms. The van der Waals surface area contributed by atoms with Crippen molar-refractivity contribution in [1.82, 2.24) is 0 Å². The van der Waals surface area contributed by atoms with Crippen molar-refractivity contribution in [2.45, 2.75) is 25.7 Å². The predicted octanol–water partition coefficient (Wildman–Crippen LogP) is 2.43. The molecule has 2 rings (SSSR count). The molecule has 0 saturated heterocycles. The number of fused-ring (bicyclic) bond motifs is 1. The smallest absolute Gasteiger partial charge is 0.321 e. The minimum atomic E-state index is -4.75. The van der Waals surface area contributed by atoms with E-state index in [1.807, 2.05) is 0 Å².